The van der Waals surface area contributed by atoms with Crippen molar-refractivity contribution in [3.63, 3.8) is 0 Å². The molecule has 6 rings (SSSR count). The van der Waals surface area contributed by atoms with E-state index >= 15 is 9.59 Å². The molecule has 1 spiro atoms. The predicted octanol–water partition coefficient (Wildman–Crippen LogP) is 5.45. The van der Waals surface area contributed by atoms with Crippen LogP contribution >= 0.6 is 11.6 Å². The molecule has 26 heteroatoms. The zero-order chi connectivity index (χ0) is 67.7. The number of carbonyl (C=O) groups is 11. The number of hydrogen-bond donors (Lipinski definition) is 4. The van der Waals surface area contributed by atoms with E-state index in [0.717, 1.165) is 44.2 Å². The van der Waals surface area contributed by atoms with E-state index in [-0.39, 0.29) is 76.8 Å². The molecule has 0 unspecified atom stereocenters. The van der Waals surface area contributed by atoms with Gasteiger partial charge < -0.3 is 55.6 Å². The molecular weight excluding hydrogens is 1200 g/mol. The van der Waals surface area contributed by atoms with Crippen LogP contribution in [0.2, 0.25) is 5.02 Å². The average Bonchev–Trinajstić information content (AvgIpc) is 1.75. The molecule has 0 bridgehead atoms. The quantitative estimate of drug-likeness (QED) is 0.242. The van der Waals surface area contributed by atoms with Crippen molar-refractivity contribution in [2.24, 2.45) is 17.8 Å². The molecule has 3 heterocycles. The molecule has 1 aromatic rings. The highest BCUT2D eigenvalue weighted by Crippen LogP contribution is 2.37. The lowest BCUT2D eigenvalue weighted by atomic mass is 9.84. The third-order valence-electron chi connectivity index (χ3n) is 20.1. The first-order valence-electron chi connectivity index (χ1n) is 32.7. The van der Waals surface area contributed by atoms with Crippen LogP contribution in [0.5, 0.6) is 0 Å². The Bertz CT molecular complexity index is 2850. The van der Waals surface area contributed by atoms with Crippen molar-refractivity contribution >= 4 is 76.6 Å². The minimum Gasteiger partial charge on any atom is -0.351 e. The van der Waals surface area contributed by atoms with Crippen LogP contribution in [0.15, 0.2) is 18.2 Å². The van der Waals surface area contributed by atoms with Crippen LogP contribution in [0.3, 0.4) is 0 Å². The second-order valence-electron chi connectivity index (χ2n) is 26.7. The van der Waals surface area contributed by atoms with Gasteiger partial charge in [-0.1, -0.05) is 104 Å². The molecular formula is C65H99ClF3N11O11. The van der Waals surface area contributed by atoms with Gasteiger partial charge in [-0.05, 0) is 114 Å². The summed E-state index contributed by atoms with van der Waals surface area (Å²) in [4.78, 5) is 170. The van der Waals surface area contributed by atoms with Gasteiger partial charge in [-0.15, -0.1) is 0 Å². The van der Waals surface area contributed by atoms with E-state index in [1.807, 2.05) is 6.92 Å². The smallest absolute Gasteiger partial charge is 0.351 e. The highest BCUT2D eigenvalue weighted by molar-refractivity contribution is 6.31. The Hall–Kier alpha value is -6.53. The second kappa shape index (κ2) is 31.4. The van der Waals surface area contributed by atoms with E-state index in [0.29, 0.717) is 31.2 Å². The van der Waals surface area contributed by atoms with E-state index in [1.54, 1.807) is 34.6 Å². The fourth-order valence-electron chi connectivity index (χ4n) is 13.8. The van der Waals surface area contributed by atoms with Gasteiger partial charge in [-0.3, -0.25) is 52.7 Å². The van der Waals surface area contributed by atoms with E-state index < -0.39 is 160 Å². The summed E-state index contributed by atoms with van der Waals surface area (Å²) in [6, 6.07) is -7.99. The van der Waals surface area contributed by atoms with Crippen LogP contribution in [-0.4, -0.2) is 214 Å². The molecule has 3 saturated heterocycles. The summed E-state index contributed by atoms with van der Waals surface area (Å²) in [6.45, 7) is 13.7. The number of rotatable bonds is 9. The first-order valence-corrected chi connectivity index (χ1v) is 33.1. The first kappa shape index (κ1) is 73.5. The number of alkyl halides is 3. The van der Waals surface area contributed by atoms with Crippen LogP contribution in [0.25, 0.3) is 0 Å². The predicted molar refractivity (Wildman–Crippen MR) is 335 cm³/mol. The van der Waals surface area contributed by atoms with Gasteiger partial charge in [0.2, 0.25) is 65.0 Å². The molecule has 0 radical (unpaired) electrons. The number of benzene rings is 1. The standard InChI is InChI=1S/C65H99ClF3N11O11/c1-14-38(5)52-62(90)76(11)47(15-2)61(89)80-33-29-49(80)59(87)77(12)50(36-42-22-17-16-18-23-42)60(88)75(10)41(8)54(82)71-46(28-26-43-25-27-44(45(66)35-43)65(67,68)69)58(86)79-32-21-24-48(79)56(84)73-64(30-19-20-31-64)63(91)78(13)53(37(3)4)57(85)70-39(6)34-51(81)74(9)40(7)55(83)72-52/h25,27,35,37-42,46-50,52-53H,14-24,26,28-34,36H2,1-13H3,(H,70,85)(H,71,82)(H,72,83)(H,73,84)/t38-,39+,40-,41+,46-,47-,48-,49-,50-,52-,53-/m0/s1. The Balaban J connectivity index is 1.38. The molecule has 3 aliphatic heterocycles. The summed E-state index contributed by atoms with van der Waals surface area (Å²) in [5.74, 6) is -7.50. The number of nitrogens with zero attached hydrogens (tertiary/aromatic N) is 7. The number of aryl methyl sites for hydroxylation is 1. The fraction of sp³-hybridized carbons (Fsp3) is 0.738. The summed E-state index contributed by atoms with van der Waals surface area (Å²) in [5, 5.41) is 11.0. The van der Waals surface area contributed by atoms with Gasteiger partial charge in [0.15, 0.2) is 0 Å². The minimum absolute atomic E-state index is 0.0310. The topological polar surface area (TPSA) is 259 Å². The molecule has 0 aromatic heterocycles. The molecule has 5 aliphatic rings. The zero-order valence-electron chi connectivity index (χ0n) is 55.5. The molecule has 11 amide bonds. The number of halogens is 4. The Morgan fingerprint density at radius 2 is 1.22 bits per heavy atom. The van der Waals surface area contributed by atoms with Crippen LogP contribution in [0.1, 0.15) is 176 Å². The van der Waals surface area contributed by atoms with Gasteiger partial charge in [0.1, 0.15) is 59.9 Å². The maximum Gasteiger partial charge on any atom is 0.417 e. The molecule has 11 atom stereocenters. The number of fused-ring (bicyclic) bond motifs is 2. The van der Waals surface area contributed by atoms with Gasteiger partial charge in [-0.25, -0.2) is 0 Å². The molecule has 2 aliphatic carbocycles. The summed E-state index contributed by atoms with van der Waals surface area (Å²) in [5.41, 5.74) is -2.25. The van der Waals surface area contributed by atoms with E-state index in [4.69, 9.17) is 11.6 Å². The molecule has 1 aromatic carbocycles. The number of amides is 11. The van der Waals surface area contributed by atoms with Crippen molar-refractivity contribution in [1.29, 1.82) is 0 Å². The second-order valence-corrected chi connectivity index (χ2v) is 27.1. The maximum atomic E-state index is 15.1. The van der Waals surface area contributed by atoms with Gasteiger partial charge in [0, 0.05) is 60.8 Å². The number of nitrogens with one attached hydrogen (secondary N) is 4. The summed E-state index contributed by atoms with van der Waals surface area (Å²) in [7, 11) is 7.28. The highest BCUT2D eigenvalue weighted by atomic mass is 35.5. The van der Waals surface area contributed by atoms with Gasteiger partial charge in [-0.2, -0.15) is 13.2 Å². The SMILES string of the molecule is CC[C@H](C)[C@@H]1NC(=O)[C@H](C)N(C)C(=O)C[C@@H](C)NC(=O)[C@H](C(C)C)N(C)C(=O)C2(CCCC2)NC(=O)[C@@H]2CCCN2C(=O)[C@H](CCc2ccc(C(F)(F)F)c(Cl)c2)NC(=O)[C@@H](C)N(C)C(=O)[C@H](CC2CCCCC2)N(C)C(=O)[C@@H]2CCN2C(=O)[C@H](CC)N(C)C1=O. The summed E-state index contributed by atoms with van der Waals surface area (Å²) in [6.07, 6.45) is 2.26. The fourth-order valence-corrected chi connectivity index (χ4v) is 14.1. The molecule has 5 fully saturated rings. The van der Waals surface area contributed by atoms with Gasteiger partial charge in [0.05, 0.1) is 10.6 Å². The lowest BCUT2D eigenvalue weighted by Gasteiger charge is -2.46. The normalized spacial score (nSPS) is 29.0. The van der Waals surface area contributed by atoms with Crippen molar-refractivity contribution < 1.29 is 65.9 Å². The largest absolute Gasteiger partial charge is 0.417 e. The summed E-state index contributed by atoms with van der Waals surface area (Å²) >= 11 is 6.14. The van der Waals surface area contributed by atoms with Crippen LogP contribution < -0.4 is 21.3 Å². The van der Waals surface area contributed by atoms with Crippen molar-refractivity contribution in [1.82, 2.24) is 55.6 Å². The maximum absolute atomic E-state index is 15.1. The Kier molecular flexibility index (Phi) is 25.4. The first-order chi connectivity index (χ1) is 42.7. The van der Waals surface area contributed by atoms with Crippen LogP contribution in [0, 0.1) is 17.8 Å². The van der Waals surface area contributed by atoms with Crippen LogP contribution in [0.4, 0.5) is 13.2 Å². The average molecular weight is 1300 g/mol. The Morgan fingerprint density at radius 1 is 0.615 bits per heavy atom. The van der Waals surface area contributed by atoms with Crippen LogP contribution in [-0.2, 0) is 65.3 Å². The summed E-state index contributed by atoms with van der Waals surface area (Å²) < 4.78 is 41.4. The molecule has 91 heavy (non-hydrogen) atoms. The third kappa shape index (κ3) is 17.0. The van der Waals surface area contributed by atoms with E-state index in [1.165, 1.54) is 89.5 Å². The van der Waals surface area contributed by atoms with Crippen molar-refractivity contribution in [2.45, 2.75) is 243 Å². The lowest BCUT2D eigenvalue weighted by molar-refractivity contribution is -0.161. The van der Waals surface area contributed by atoms with E-state index in [9.17, 15) is 56.3 Å². The van der Waals surface area contributed by atoms with Crippen molar-refractivity contribution in [3.8, 4) is 0 Å². The number of likely N-dealkylation sites (N-methyl/N-ethyl adjacent to an activating group) is 5. The minimum atomic E-state index is -4.75. The van der Waals surface area contributed by atoms with Gasteiger partial charge >= 0.3 is 6.18 Å². The molecule has 508 valence electrons. The molecule has 2 saturated carbocycles. The monoisotopic (exact) mass is 1300 g/mol. The van der Waals surface area contributed by atoms with Gasteiger partial charge in [0.25, 0.3) is 0 Å². The molecule has 4 N–H and O–H groups in total. The zero-order valence-corrected chi connectivity index (χ0v) is 56.3. The highest BCUT2D eigenvalue weighted by Gasteiger charge is 2.51. The number of carbonyl (C=O) groups excluding carboxylic acids is 11. The molecule has 22 nitrogen and oxygen atoms in total. The Labute approximate surface area is 539 Å². The van der Waals surface area contributed by atoms with Crippen molar-refractivity contribution in [3.05, 3.63) is 34.3 Å². The Morgan fingerprint density at radius 3 is 1.79 bits per heavy atom. The third-order valence-corrected chi connectivity index (χ3v) is 20.5. The van der Waals surface area contributed by atoms with Crippen molar-refractivity contribution in [2.75, 3.05) is 48.3 Å². The van der Waals surface area contributed by atoms with E-state index in [2.05, 4.69) is 21.3 Å². The lowest BCUT2D eigenvalue weighted by Crippen LogP contribution is -2.65. The number of hydrogen-bond acceptors (Lipinski definition) is 11.